The van der Waals surface area contributed by atoms with E-state index in [1.807, 2.05) is 91.0 Å². The molecule has 0 spiro atoms. The third-order valence-electron chi connectivity index (χ3n) is 6.76. The van der Waals surface area contributed by atoms with Crippen molar-refractivity contribution >= 4 is 17.6 Å². The number of nitro benzene ring substituents is 1. The van der Waals surface area contributed by atoms with Gasteiger partial charge in [-0.1, -0.05) is 91.0 Å². The lowest BCUT2D eigenvalue weighted by molar-refractivity contribution is -0.384. The van der Waals surface area contributed by atoms with Crippen molar-refractivity contribution in [3.05, 3.63) is 142 Å². The fourth-order valence-electron chi connectivity index (χ4n) is 4.92. The number of hydrogen-bond acceptors (Lipinski definition) is 5. The molecule has 0 heterocycles. The van der Waals surface area contributed by atoms with Gasteiger partial charge in [-0.05, 0) is 22.8 Å². The number of ether oxygens (including phenoxy) is 1. The number of hydrogen-bond donors (Lipinski definition) is 2. The van der Waals surface area contributed by atoms with Gasteiger partial charge in [-0.15, -0.1) is 0 Å². The Morgan fingerprint density at radius 3 is 1.77 bits per heavy atom. The number of rotatable bonds is 11. The molecule has 0 aliphatic heterocycles. The lowest BCUT2D eigenvalue weighted by Gasteiger charge is -2.36. The number of aliphatic carboxylic acids is 1. The second kappa shape index (κ2) is 12.0. The second-order valence-corrected chi connectivity index (χ2v) is 9.10. The number of non-ortho nitro benzene ring substituents is 1. The third-order valence-corrected chi connectivity index (χ3v) is 6.76. The van der Waals surface area contributed by atoms with Gasteiger partial charge in [0.05, 0.1) is 17.4 Å². The standard InChI is InChI=1S/C31H28N2O6/c1-39-28-18-17-26(33(37)38)19-22(28)20-27(30(35)36)32-29(34)21-31(23-11-5-2-6-12-23,24-13-7-3-8-14-24)25-15-9-4-10-16-25/h2-19,27H,20-21H2,1H3,(H,32,34)(H,35,36)/t27-/m0/s1. The maximum atomic E-state index is 13.7. The zero-order valence-electron chi connectivity index (χ0n) is 21.3. The first-order chi connectivity index (χ1) is 18.8. The summed E-state index contributed by atoms with van der Waals surface area (Å²) in [5.41, 5.74) is 1.84. The van der Waals surface area contributed by atoms with Gasteiger partial charge in [0.2, 0.25) is 5.91 Å². The van der Waals surface area contributed by atoms with Crippen LogP contribution in [0.3, 0.4) is 0 Å². The molecule has 4 aromatic rings. The Hall–Kier alpha value is -4.98. The van der Waals surface area contributed by atoms with Crippen LogP contribution < -0.4 is 10.1 Å². The number of carboxylic acid groups (broad SMARTS) is 1. The molecule has 1 amide bonds. The summed E-state index contributed by atoms with van der Waals surface area (Å²) in [7, 11) is 1.40. The summed E-state index contributed by atoms with van der Waals surface area (Å²) in [5, 5.41) is 23.9. The molecule has 0 saturated heterocycles. The first-order valence-electron chi connectivity index (χ1n) is 12.3. The number of carbonyl (C=O) groups excluding carboxylic acids is 1. The van der Waals surface area contributed by atoms with Gasteiger partial charge in [-0.2, -0.15) is 0 Å². The quantitative estimate of drug-likeness (QED) is 0.159. The molecule has 0 bridgehead atoms. The monoisotopic (exact) mass is 524 g/mol. The largest absolute Gasteiger partial charge is 0.496 e. The number of amides is 1. The fourth-order valence-corrected chi connectivity index (χ4v) is 4.92. The average Bonchev–Trinajstić information content (AvgIpc) is 2.96. The number of methoxy groups -OCH3 is 1. The van der Waals surface area contributed by atoms with E-state index in [1.165, 1.54) is 25.3 Å². The second-order valence-electron chi connectivity index (χ2n) is 9.10. The Kier molecular flexibility index (Phi) is 8.36. The molecule has 0 radical (unpaired) electrons. The number of benzene rings is 4. The molecule has 1 atom stereocenters. The molecule has 0 aliphatic rings. The normalized spacial score (nSPS) is 11.8. The number of nitrogens with one attached hydrogen (secondary N) is 1. The summed E-state index contributed by atoms with van der Waals surface area (Å²) in [6.45, 7) is 0. The predicted octanol–water partition coefficient (Wildman–Crippen LogP) is 5.14. The summed E-state index contributed by atoms with van der Waals surface area (Å²) in [6, 6.07) is 31.5. The maximum absolute atomic E-state index is 13.7. The van der Waals surface area contributed by atoms with Crippen LogP contribution in [0.5, 0.6) is 5.75 Å². The number of nitro groups is 1. The highest BCUT2D eigenvalue weighted by Crippen LogP contribution is 2.42. The lowest BCUT2D eigenvalue weighted by Crippen LogP contribution is -2.45. The lowest BCUT2D eigenvalue weighted by atomic mass is 9.67. The van der Waals surface area contributed by atoms with Gasteiger partial charge >= 0.3 is 5.97 Å². The summed E-state index contributed by atoms with van der Waals surface area (Å²) in [6.07, 6.45) is -0.262. The van der Waals surface area contributed by atoms with Crippen molar-refractivity contribution in [2.24, 2.45) is 0 Å². The van der Waals surface area contributed by atoms with Crippen molar-refractivity contribution in [1.82, 2.24) is 5.32 Å². The Morgan fingerprint density at radius 2 is 1.36 bits per heavy atom. The van der Waals surface area contributed by atoms with Crippen LogP contribution in [0.4, 0.5) is 5.69 Å². The van der Waals surface area contributed by atoms with Gasteiger partial charge in [-0.3, -0.25) is 14.9 Å². The van der Waals surface area contributed by atoms with E-state index in [0.717, 1.165) is 16.7 Å². The zero-order chi connectivity index (χ0) is 27.8. The SMILES string of the molecule is COc1ccc([N+](=O)[O-])cc1C[C@H](NC(=O)CC(c1ccccc1)(c1ccccc1)c1ccccc1)C(=O)O. The van der Waals surface area contributed by atoms with Crippen LogP contribution in [0, 0.1) is 10.1 Å². The van der Waals surface area contributed by atoms with Gasteiger partial charge in [0.1, 0.15) is 11.8 Å². The van der Waals surface area contributed by atoms with Crippen molar-refractivity contribution in [2.45, 2.75) is 24.3 Å². The molecule has 0 fully saturated rings. The highest BCUT2D eigenvalue weighted by molar-refractivity contribution is 5.86. The topological polar surface area (TPSA) is 119 Å². The molecular weight excluding hydrogens is 496 g/mol. The molecule has 4 rings (SSSR count). The van der Waals surface area contributed by atoms with Crippen LogP contribution >= 0.6 is 0 Å². The summed E-state index contributed by atoms with van der Waals surface area (Å²) >= 11 is 0. The maximum Gasteiger partial charge on any atom is 0.326 e. The van der Waals surface area contributed by atoms with E-state index in [0.29, 0.717) is 11.3 Å². The third kappa shape index (κ3) is 5.96. The van der Waals surface area contributed by atoms with E-state index >= 15 is 0 Å². The molecule has 8 heteroatoms. The van der Waals surface area contributed by atoms with Crippen molar-refractivity contribution in [3.8, 4) is 5.75 Å². The zero-order valence-corrected chi connectivity index (χ0v) is 21.3. The Morgan fingerprint density at radius 1 is 0.872 bits per heavy atom. The number of carboxylic acids is 1. The minimum Gasteiger partial charge on any atom is -0.496 e. The van der Waals surface area contributed by atoms with Gasteiger partial charge in [-0.25, -0.2) is 4.79 Å². The van der Waals surface area contributed by atoms with E-state index in [1.54, 1.807) is 0 Å². The van der Waals surface area contributed by atoms with E-state index in [4.69, 9.17) is 4.74 Å². The van der Waals surface area contributed by atoms with Crippen LogP contribution in [-0.4, -0.2) is 35.1 Å². The van der Waals surface area contributed by atoms with Crippen molar-refractivity contribution in [2.75, 3.05) is 7.11 Å². The first-order valence-corrected chi connectivity index (χ1v) is 12.3. The molecular formula is C31H28N2O6. The fraction of sp³-hybridized carbons (Fsp3) is 0.161. The molecule has 39 heavy (non-hydrogen) atoms. The molecule has 8 nitrogen and oxygen atoms in total. The van der Waals surface area contributed by atoms with Crippen molar-refractivity contribution in [3.63, 3.8) is 0 Å². The minimum atomic E-state index is -1.34. The Balaban J connectivity index is 1.73. The summed E-state index contributed by atoms with van der Waals surface area (Å²) in [4.78, 5) is 36.7. The molecule has 198 valence electrons. The van der Waals surface area contributed by atoms with Gasteiger partial charge in [0, 0.05) is 30.5 Å². The van der Waals surface area contributed by atoms with Gasteiger partial charge in [0.15, 0.2) is 0 Å². The molecule has 0 aliphatic carbocycles. The van der Waals surface area contributed by atoms with Crippen molar-refractivity contribution in [1.29, 1.82) is 0 Å². The van der Waals surface area contributed by atoms with Gasteiger partial charge in [0.25, 0.3) is 5.69 Å². The van der Waals surface area contributed by atoms with E-state index in [-0.39, 0.29) is 18.5 Å². The highest BCUT2D eigenvalue weighted by atomic mass is 16.6. The van der Waals surface area contributed by atoms with Crippen LogP contribution in [-0.2, 0) is 21.4 Å². The average molecular weight is 525 g/mol. The Bertz CT molecular complexity index is 1350. The van der Waals surface area contributed by atoms with E-state index in [9.17, 15) is 24.8 Å². The summed E-state index contributed by atoms with van der Waals surface area (Å²) < 4.78 is 5.29. The molecule has 0 unspecified atom stereocenters. The smallest absolute Gasteiger partial charge is 0.326 e. The van der Waals surface area contributed by atoms with E-state index < -0.39 is 28.3 Å². The molecule has 2 N–H and O–H groups in total. The van der Waals surface area contributed by atoms with Crippen LogP contribution in [0.15, 0.2) is 109 Å². The Labute approximate surface area is 226 Å². The van der Waals surface area contributed by atoms with E-state index in [2.05, 4.69) is 5.32 Å². The first kappa shape index (κ1) is 27.1. The predicted molar refractivity (Wildman–Crippen MR) is 147 cm³/mol. The van der Waals surface area contributed by atoms with Crippen LogP contribution in [0.2, 0.25) is 0 Å². The highest BCUT2D eigenvalue weighted by Gasteiger charge is 2.39. The molecule has 0 saturated carbocycles. The van der Waals surface area contributed by atoms with Gasteiger partial charge < -0.3 is 15.2 Å². The van der Waals surface area contributed by atoms with Crippen molar-refractivity contribution < 1.29 is 24.4 Å². The number of nitrogens with zero attached hydrogens (tertiary/aromatic N) is 1. The molecule has 4 aromatic carbocycles. The van der Waals surface area contributed by atoms with Crippen LogP contribution in [0.1, 0.15) is 28.7 Å². The molecule has 0 aromatic heterocycles. The summed E-state index contributed by atoms with van der Waals surface area (Å²) in [5.74, 6) is -1.45. The van der Waals surface area contributed by atoms with Crippen LogP contribution in [0.25, 0.3) is 0 Å². The minimum absolute atomic E-state index is 0.0686. The number of carbonyl (C=O) groups is 2.